The summed E-state index contributed by atoms with van der Waals surface area (Å²) in [6, 6.07) is 7.04. The van der Waals surface area contributed by atoms with Crippen molar-refractivity contribution in [2.75, 3.05) is 0 Å². The number of ketones is 1. The molecule has 0 aliphatic carbocycles. The molecule has 0 saturated heterocycles. The molecule has 0 atom stereocenters. The van der Waals surface area contributed by atoms with Crippen LogP contribution in [0.1, 0.15) is 11.1 Å². The Morgan fingerprint density at radius 1 is 1.38 bits per heavy atom. The van der Waals surface area contributed by atoms with Crippen molar-refractivity contribution in [3.8, 4) is 0 Å². The van der Waals surface area contributed by atoms with E-state index in [-0.39, 0.29) is 6.42 Å². The molecule has 0 saturated carbocycles. The molecule has 0 aromatic heterocycles. The first-order valence-electron chi connectivity index (χ1n) is 3.96. The summed E-state index contributed by atoms with van der Waals surface area (Å²) in [7, 11) is 0. The van der Waals surface area contributed by atoms with Crippen LogP contribution >= 0.6 is 0 Å². The third-order valence-corrected chi connectivity index (χ3v) is 1.87. The van der Waals surface area contributed by atoms with Crippen LogP contribution in [-0.4, -0.2) is 12.2 Å². The van der Waals surface area contributed by atoms with Crippen molar-refractivity contribution in [3.63, 3.8) is 0 Å². The van der Waals surface area contributed by atoms with Crippen LogP contribution in [0.5, 0.6) is 0 Å². The Labute approximate surface area is 75.4 Å². The van der Waals surface area contributed by atoms with E-state index in [0.29, 0.717) is 5.56 Å². The lowest BCUT2D eigenvalue weighted by Crippen LogP contribution is -2.13. The summed E-state index contributed by atoms with van der Waals surface area (Å²) < 4.78 is 23.8. The molecule has 0 N–H and O–H groups in total. The van der Waals surface area contributed by atoms with Gasteiger partial charge in [0.25, 0.3) is 6.43 Å². The van der Waals surface area contributed by atoms with Crippen molar-refractivity contribution in [2.45, 2.75) is 19.8 Å². The van der Waals surface area contributed by atoms with Gasteiger partial charge in [0.15, 0.2) is 0 Å². The van der Waals surface area contributed by atoms with Gasteiger partial charge in [0.2, 0.25) is 5.78 Å². The summed E-state index contributed by atoms with van der Waals surface area (Å²) >= 11 is 0. The molecule has 3 heteroatoms. The van der Waals surface area contributed by atoms with Crippen LogP contribution in [0, 0.1) is 6.92 Å². The number of Topliss-reactive ketones (excluding diaryl/α,β-unsaturated/α-hetero) is 1. The number of alkyl halides is 2. The first kappa shape index (κ1) is 9.84. The standard InChI is InChI=1S/C10H10F2O/c1-7-4-2-3-5-8(7)6-9(13)10(11)12/h2-5,10H,6H2,1H3. The molecule has 1 nitrogen and oxygen atoms in total. The predicted molar refractivity (Wildman–Crippen MR) is 45.9 cm³/mol. The van der Waals surface area contributed by atoms with Crippen molar-refractivity contribution >= 4 is 5.78 Å². The molecule has 0 aliphatic heterocycles. The van der Waals surface area contributed by atoms with Gasteiger partial charge in [0, 0.05) is 6.42 Å². The number of benzene rings is 1. The van der Waals surface area contributed by atoms with Gasteiger partial charge in [-0.25, -0.2) is 8.78 Å². The van der Waals surface area contributed by atoms with E-state index in [1.165, 1.54) is 0 Å². The van der Waals surface area contributed by atoms with Crippen LogP contribution < -0.4 is 0 Å². The minimum atomic E-state index is -2.86. The molecule has 1 aromatic carbocycles. The molecule has 1 aromatic rings. The van der Waals surface area contributed by atoms with Crippen LogP contribution in [0.3, 0.4) is 0 Å². The third-order valence-electron chi connectivity index (χ3n) is 1.87. The van der Waals surface area contributed by atoms with Gasteiger partial charge in [-0.05, 0) is 18.1 Å². The largest absolute Gasteiger partial charge is 0.296 e. The first-order valence-corrected chi connectivity index (χ1v) is 3.96. The number of hydrogen-bond donors (Lipinski definition) is 0. The second-order valence-electron chi connectivity index (χ2n) is 2.87. The van der Waals surface area contributed by atoms with E-state index in [1.54, 1.807) is 25.1 Å². The highest BCUT2D eigenvalue weighted by atomic mass is 19.3. The summed E-state index contributed by atoms with van der Waals surface area (Å²) in [6.45, 7) is 1.80. The Bertz CT molecular complexity index is 308. The molecule has 70 valence electrons. The van der Waals surface area contributed by atoms with E-state index in [9.17, 15) is 13.6 Å². The zero-order chi connectivity index (χ0) is 9.84. The Kier molecular flexibility index (Phi) is 3.12. The second kappa shape index (κ2) is 4.12. The summed E-state index contributed by atoms with van der Waals surface area (Å²) in [4.78, 5) is 10.7. The van der Waals surface area contributed by atoms with Crippen LogP contribution in [0.15, 0.2) is 24.3 Å². The maximum Gasteiger partial charge on any atom is 0.296 e. The number of rotatable bonds is 3. The summed E-state index contributed by atoms with van der Waals surface area (Å²) in [5, 5.41) is 0. The van der Waals surface area contributed by atoms with Gasteiger partial charge in [-0.15, -0.1) is 0 Å². The van der Waals surface area contributed by atoms with E-state index in [1.807, 2.05) is 6.07 Å². The maximum atomic E-state index is 11.9. The Morgan fingerprint density at radius 2 is 2.00 bits per heavy atom. The Hall–Kier alpha value is -1.25. The van der Waals surface area contributed by atoms with Crippen molar-refractivity contribution in [1.82, 2.24) is 0 Å². The molecule has 0 aliphatic rings. The molecule has 0 radical (unpaired) electrons. The fourth-order valence-corrected chi connectivity index (χ4v) is 1.07. The molecule has 0 amide bonds. The normalized spacial score (nSPS) is 10.5. The fourth-order valence-electron chi connectivity index (χ4n) is 1.07. The van der Waals surface area contributed by atoms with Gasteiger partial charge >= 0.3 is 0 Å². The second-order valence-corrected chi connectivity index (χ2v) is 2.87. The number of halogens is 2. The van der Waals surface area contributed by atoms with Gasteiger partial charge in [-0.1, -0.05) is 24.3 Å². The first-order chi connectivity index (χ1) is 6.11. The molecule has 0 fully saturated rings. The highest BCUT2D eigenvalue weighted by Crippen LogP contribution is 2.10. The van der Waals surface area contributed by atoms with E-state index < -0.39 is 12.2 Å². The maximum absolute atomic E-state index is 11.9. The molecule has 0 heterocycles. The monoisotopic (exact) mass is 184 g/mol. The van der Waals surface area contributed by atoms with E-state index in [2.05, 4.69) is 0 Å². The molecular formula is C10H10F2O. The van der Waals surface area contributed by atoms with Crippen molar-refractivity contribution < 1.29 is 13.6 Å². The zero-order valence-electron chi connectivity index (χ0n) is 7.26. The molecule has 0 spiro atoms. The van der Waals surface area contributed by atoms with Gasteiger partial charge in [-0.3, -0.25) is 4.79 Å². The van der Waals surface area contributed by atoms with Crippen molar-refractivity contribution in [1.29, 1.82) is 0 Å². The average molecular weight is 184 g/mol. The van der Waals surface area contributed by atoms with Crippen LogP contribution in [0.25, 0.3) is 0 Å². The van der Waals surface area contributed by atoms with Crippen molar-refractivity contribution in [3.05, 3.63) is 35.4 Å². The minimum Gasteiger partial charge on any atom is -0.293 e. The highest BCUT2D eigenvalue weighted by molar-refractivity contribution is 5.84. The predicted octanol–water partition coefficient (Wildman–Crippen LogP) is 2.37. The SMILES string of the molecule is Cc1ccccc1CC(=O)C(F)F. The van der Waals surface area contributed by atoms with Gasteiger partial charge < -0.3 is 0 Å². The summed E-state index contributed by atoms with van der Waals surface area (Å²) in [6.07, 6.45) is -3.04. The fraction of sp³-hybridized carbons (Fsp3) is 0.300. The topological polar surface area (TPSA) is 17.1 Å². The molecule has 1 rings (SSSR count). The number of hydrogen-bond acceptors (Lipinski definition) is 1. The molecule has 13 heavy (non-hydrogen) atoms. The zero-order valence-corrected chi connectivity index (χ0v) is 7.26. The van der Waals surface area contributed by atoms with E-state index in [0.717, 1.165) is 5.56 Å². The summed E-state index contributed by atoms with van der Waals surface area (Å²) in [5.41, 5.74) is 1.55. The summed E-state index contributed by atoms with van der Waals surface area (Å²) in [5.74, 6) is -1.02. The third kappa shape index (κ3) is 2.61. The Balaban J connectivity index is 2.75. The van der Waals surface area contributed by atoms with Crippen LogP contribution in [0.4, 0.5) is 8.78 Å². The molecular weight excluding hydrogens is 174 g/mol. The van der Waals surface area contributed by atoms with Crippen LogP contribution in [0.2, 0.25) is 0 Å². The lowest BCUT2D eigenvalue weighted by molar-refractivity contribution is -0.128. The van der Waals surface area contributed by atoms with E-state index >= 15 is 0 Å². The van der Waals surface area contributed by atoms with Gasteiger partial charge in [0.1, 0.15) is 0 Å². The van der Waals surface area contributed by atoms with Gasteiger partial charge in [-0.2, -0.15) is 0 Å². The smallest absolute Gasteiger partial charge is 0.293 e. The molecule has 0 bridgehead atoms. The lowest BCUT2D eigenvalue weighted by atomic mass is 10.0. The van der Waals surface area contributed by atoms with Crippen molar-refractivity contribution in [2.24, 2.45) is 0 Å². The minimum absolute atomic E-state index is 0.176. The van der Waals surface area contributed by atoms with Crippen LogP contribution in [-0.2, 0) is 11.2 Å². The molecule has 0 unspecified atom stereocenters. The number of carbonyl (C=O) groups is 1. The van der Waals surface area contributed by atoms with Gasteiger partial charge in [0.05, 0.1) is 0 Å². The number of aryl methyl sites for hydroxylation is 1. The Morgan fingerprint density at radius 3 is 2.54 bits per heavy atom. The average Bonchev–Trinajstić information content (AvgIpc) is 2.08. The quantitative estimate of drug-likeness (QED) is 0.704. The highest BCUT2D eigenvalue weighted by Gasteiger charge is 2.15. The lowest BCUT2D eigenvalue weighted by Gasteiger charge is -2.03. The van der Waals surface area contributed by atoms with E-state index in [4.69, 9.17) is 0 Å². The number of carbonyl (C=O) groups excluding carboxylic acids is 1.